The number of rotatable bonds is 4. The van der Waals surface area contributed by atoms with Crippen molar-refractivity contribution in [3.05, 3.63) is 0 Å². The van der Waals surface area contributed by atoms with Gasteiger partial charge in [0.15, 0.2) is 0 Å². The fourth-order valence-electron chi connectivity index (χ4n) is 11.1. The molecule has 4 nitrogen and oxygen atoms in total. The highest BCUT2D eigenvalue weighted by Crippen LogP contribution is 2.81. The minimum Gasteiger partial charge on any atom is -0.390 e. The quantitative estimate of drug-likeness (QED) is 0.515. The Hall–Kier alpha value is -0.450. The number of carbonyl (C=O) groups excluding carboxylic acids is 1. The minimum atomic E-state index is -0.365. The van der Waals surface area contributed by atoms with Crippen molar-refractivity contribution in [2.75, 3.05) is 0 Å². The van der Waals surface area contributed by atoms with Crippen molar-refractivity contribution in [3.63, 3.8) is 0 Å². The van der Waals surface area contributed by atoms with E-state index in [4.69, 9.17) is 9.47 Å². The summed E-state index contributed by atoms with van der Waals surface area (Å²) in [6, 6.07) is 0. The molecule has 0 aromatic heterocycles. The number of hydrogen-bond donors (Lipinski definition) is 1. The van der Waals surface area contributed by atoms with Gasteiger partial charge in [-0.3, -0.25) is 4.79 Å². The van der Waals surface area contributed by atoms with E-state index in [0.717, 1.165) is 25.7 Å². The van der Waals surface area contributed by atoms with E-state index in [1.807, 2.05) is 0 Å². The monoisotopic (exact) mass is 472 g/mol. The molecule has 0 bridgehead atoms. The molecule has 0 unspecified atom stereocenters. The second kappa shape index (κ2) is 6.70. The van der Waals surface area contributed by atoms with Gasteiger partial charge in [-0.1, -0.05) is 41.5 Å². The molecule has 1 N–H and O–H groups in total. The van der Waals surface area contributed by atoms with Crippen LogP contribution in [0.1, 0.15) is 107 Å². The van der Waals surface area contributed by atoms with Gasteiger partial charge < -0.3 is 14.6 Å². The van der Waals surface area contributed by atoms with Crippen LogP contribution in [0.5, 0.6) is 0 Å². The van der Waals surface area contributed by atoms with Crippen LogP contribution >= 0.6 is 0 Å². The van der Waals surface area contributed by atoms with E-state index in [9.17, 15) is 9.90 Å². The smallest absolute Gasteiger partial charge is 0.138 e. The summed E-state index contributed by atoms with van der Waals surface area (Å²) in [5, 5.41) is 10.9. The van der Waals surface area contributed by atoms with E-state index in [1.165, 1.54) is 25.7 Å². The Bertz CT molecular complexity index is 909. The maximum absolute atomic E-state index is 12.9. The van der Waals surface area contributed by atoms with Gasteiger partial charge in [-0.25, -0.2) is 0 Å². The van der Waals surface area contributed by atoms with E-state index in [1.54, 1.807) is 0 Å². The van der Waals surface area contributed by atoms with Gasteiger partial charge in [-0.05, 0) is 93.3 Å². The number of aliphatic hydroxyl groups excluding tert-OH is 1. The van der Waals surface area contributed by atoms with E-state index in [-0.39, 0.29) is 45.1 Å². The molecule has 0 radical (unpaired) electrons. The normalized spacial score (nSPS) is 55.9. The molecule has 2 heterocycles. The number of aliphatic hydroxyl groups is 1. The Balaban J connectivity index is 1.28. The third kappa shape index (κ3) is 2.64. The largest absolute Gasteiger partial charge is 0.390 e. The molecule has 0 amide bonds. The minimum absolute atomic E-state index is 0.00357. The number of fused-ring (bicyclic) bond motifs is 3. The van der Waals surface area contributed by atoms with Crippen LogP contribution in [0.4, 0.5) is 0 Å². The number of ether oxygens (including phenoxy) is 2. The van der Waals surface area contributed by atoms with Crippen molar-refractivity contribution in [2.45, 2.75) is 136 Å². The Morgan fingerprint density at radius 3 is 2.29 bits per heavy atom. The molecule has 1 spiro atoms. The molecule has 4 heteroatoms. The Morgan fingerprint density at radius 1 is 0.971 bits per heavy atom. The predicted octanol–water partition coefficient (Wildman–Crippen LogP) is 5.94. The first-order valence-electron chi connectivity index (χ1n) is 14.2. The van der Waals surface area contributed by atoms with Crippen LogP contribution in [-0.4, -0.2) is 40.4 Å². The lowest BCUT2D eigenvalue weighted by Crippen LogP contribution is -2.65. The third-order valence-electron chi connectivity index (χ3n) is 13.4. The van der Waals surface area contributed by atoms with Crippen LogP contribution in [0.25, 0.3) is 0 Å². The molecule has 4 saturated carbocycles. The summed E-state index contributed by atoms with van der Waals surface area (Å²) in [5.41, 5.74) is 0.212. The zero-order chi connectivity index (χ0) is 24.7. The number of hydrogen-bond acceptors (Lipinski definition) is 4. The lowest BCUT2D eigenvalue weighted by Gasteiger charge is -2.65. The lowest BCUT2D eigenvalue weighted by atomic mass is 9.38. The summed E-state index contributed by atoms with van der Waals surface area (Å²) < 4.78 is 12.7. The third-order valence-corrected chi connectivity index (χ3v) is 13.4. The van der Waals surface area contributed by atoms with Crippen molar-refractivity contribution in [3.8, 4) is 0 Å². The van der Waals surface area contributed by atoms with Crippen LogP contribution in [-0.2, 0) is 14.3 Å². The van der Waals surface area contributed by atoms with Crippen molar-refractivity contribution in [1.29, 1.82) is 0 Å². The molecule has 2 aliphatic heterocycles. The van der Waals surface area contributed by atoms with Crippen molar-refractivity contribution < 1.29 is 19.4 Å². The highest BCUT2D eigenvalue weighted by atomic mass is 16.6. The molecule has 34 heavy (non-hydrogen) atoms. The number of epoxide rings is 2. The van der Waals surface area contributed by atoms with Gasteiger partial charge in [0, 0.05) is 17.3 Å². The number of ketones is 1. The molecule has 0 aromatic carbocycles. The van der Waals surface area contributed by atoms with Gasteiger partial charge in [0.1, 0.15) is 17.5 Å². The average Bonchev–Trinajstić information content (AvgIpc) is 3.59. The predicted molar refractivity (Wildman–Crippen MR) is 132 cm³/mol. The number of Topliss-reactive ketones (excluding diaryl/α,β-unsaturated/α-hetero) is 1. The second-order valence-corrected chi connectivity index (χ2v) is 15.2. The van der Waals surface area contributed by atoms with E-state index < -0.39 is 0 Å². The van der Waals surface area contributed by atoms with Gasteiger partial charge in [0.25, 0.3) is 0 Å². The molecule has 2 saturated heterocycles. The standard InChI is InChI=1S/C30H48O4/c1-17(15-19(31)24-26(4,5)34-24)18-9-14-29(8)28(18,7)13-10-20-27(6)12-11-22(32)25(2,3)21(27)16-23-30(20,29)33-23/h17-21,23-24,31H,9-16H2,1-8H3/t17-,18+,19-,20-,21+,23-,24+,27-,28+,29+,30+/m1/s1. The van der Waals surface area contributed by atoms with Crippen molar-refractivity contribution >= 4 is 5.78 Å². The first kappa shape index (κ1) is 23.9. The topological polar surface area (TPSA) is 62.4 Å². The molecule has 4 aliphatic carbocycles. The fourth-order valence-corrected chi connectivity index (χ4v) is 11.1. The molecule has 6 aliphatic rings. The van der Waals surface area contributed by atoms with Gasteiger partial charge in [-0.2, -0.15) is 0 Å². The first-order valence-corrected chi connectivity index (χ1v) is 14.2. The first-order chi connectivity index (χ1) is 15.7. The van der Waals surface area contributed by atoms with Gasteiger partial charge in [0.05, 0.1) is 17.8 Å². The molecule has 6 fully saturated rings. The van der Waals surface area contributed by atoms with Crippen LogP contribution in [0.3, 0.4) is 0 Å². The summed E-state index contributed by atoms with van der Waals surface area (Å²) >= 11 is 0. The Labute approximate surface area is 206 Å². The Morgan fingerprint density at radius 2 is 1.65 bits per heavy atom. The molecule has 11 atom stereocenters. The summed E-state index contributed by atoms with van der Waals surface area (Å²) in [6.45, 7) is 18.6. The average molecular weight is 473 g/mol. The van der Waals surface area contributed by atoms with E-state index in [0.29, 0.717) is 35.6 Å². The van der Waals surface area contributed by atoms with E-state index >= 15 is 0 Å². The van der Waals surface area contributed by atoms with Crippen LogP contribution in [0.2, 0.25) is 0 Å². The highest BCUT2D eigenvalue weighted by Gasteiger charge is 2.83. The Kier molecular flexibility index (Phi) is 4.71. The zero-order valence-corrected chi connectivity index (χ0v) is 22.9. The maximum Gasteiger partial charge on any atom is 0.138 e. The van der Waals surface area contributed by atoms with Crippen LogP contribution in [0, 0.1) is 45.3 Å². The summed E-state index contributed by atoms with van der Waals surface area (Å²) in [5.74, 6) is 2.56. The summed E-state index contributed by atoms with van der Waals surface area (Å²) in [4.78, 5) is 12.9. The number of carbonyl (C=O) groups is 1. The maximum atomic E-state index is 12.9. The van der Waals surface area contributed by atoms with Gasteiger partial charge in [0.2, 0.25) is 0 Å². The summed E-state index contributed by atoms with van der Waals surface area (Å²) in [7, 11) is 0. The fraction of sp³-hybridized carbons (Fsp3) is 0.967. The molecule has 0 aromatic rings. The SMILES string of the molecule is C[C@H](C[C@@H](O)[C@@H]1OC1(C)C)[C@@H]1CC[C@]2(C)[C@@]34O[C@@H]3C[C@H]3C(C)(C)C(=O)CC[C@]3(C)[C@H]4CC[C@@]12C. The van der Waals surface area contributed by atoms with Crippen LogP contribution < -0.4 is 0 Å². The van der Waals surface area contributed by atoms with Crippen LogP contribution in [0.15, 0.2) is 0 Å². The van der Waals surface area contributed by atoms with Gasteiger partial charge >= 0.3 is 0 Å². The van der Waals surface area contributed by atoms with Crippen molar-refractivity contribution in [1.82, 2.24) is 0 Å². The molecular weight excluding hydrogens is 424 g/mol. The summed E-state index contributed by atoms with van der Waals surface area (Å²) in [6.07, 6.45) is 8.58. The van der Waals surface area contributed by atoms with Gasteiger partial charge in [-0.15, -0.1) is 0 Å². The second-order valence-electron chi connectivity index (χ2n) is 15.2. The van der Waals surface area contributed by atoms with E-state index in [2.05, 4.69) is 55.4 Å². The molecular formula is C30H48O4. The van der Waals surface area contributed by atoms with Crippen molar-refractivity contribution in [2.24, 2.45) is 45.3 Å². The molecule has 192 valence electrons. The zero-order valence-electron chi connectivity index (χ0n) is 22.9. The highest BCUT2D eigenvalue weighted by molar-refractivity contribution is 5.85. The lowest BCUT2D eigenvalue weighted by molar-refractivity contribution is -0.175. The molecule has 6 rings (SSSR count).